The number of carboxylic acid groups (broad SMARTS) is 1. The van der Waals surface area contributed by atoms with E-state index in [0.717, 1.165) is 19.3 Å². The molecule has 7 heteroatoms. The number of amides is 1. The lowest BCUT2D eigenvalue weighted by atomic mass is 9.84. The van der Waals surface area contributed by atoms with Gasteiger partial charge in [-0.1, -0.05) is 0 Å². The number of carbonyl (C=O) groups is 2. The zero-order chi connectivity index (χ0) is 15.0. The number of fused-ring (bicyclic) bond motifs is 2. The molecule has 0 aliphatic heterocycles. The Labute approximate surface area is 122 Å². The standard InChI is InChI=1S/C14H20N4O3/c15-12-9-2-1-8(5-9)11(12)13(19)16-3-4-18-6-10(14(20)21)17-7-18/h6-9,11-12H,1-5,15H2,(H,16,19)(H,20,21). The van der Waals surface area contributed by atoms with Crippen LogP contribution < -0.4 is 11.1 Å². The average Bonchev–Trinajstić information content (AvgIpc) is 3.13. The van der Waals surface area contributed by atoms with Crippen LogP contribution in [0.25, 0.3) is 0 Å². The van der Waals surface area contributed by atoms with E-state index in [1.165, 1.54) is 12.5 Å². The molecule has 2 aliphatic carbocycles. The van der Waals surface area contributed by atoms with Gasteiger partial charge in [-0.15, -0.1) is 0 Å². The van der Waals surface area contributed by atoms with Crippen LogP contribution in [0.5, 0.6) is 0 Å². The van der Waals surface area contributed by atoms with Crippen LogP contribution in [0.15, 0.2) is 12.5 Å². The van der Waals surface area contributed by atoms with E-state index in [1.54, 1.807) is 4.57 Å². The van der Waals surface area contributed by atoms with Gasteiger partial charge in [-0.05, 0) is 31.1 Å². The van der Waals surface area contributed by atoms with Gasteiger partial charge in [0.1, 0.15) is 0 Å². The Morgan fingerprint density at radius 2 is 2.19 bits per heavy atom. The van der Waals surface area contributed by atoms with Crippen molar-refractivity contribution in [1.29, 1.82) is 0 Å². The van der Waals surface area contributed by atoms with Crippen molar-refractivity contribution >= 4 is 11.9 Å². The van der Waals surface area contributed by atoms with Crippen molar-refractivity contribution in [3.63, 3.8) is 0 Å². The first-order valence-electron chi connectivity index (χ1n) is 7.34. The van der Waals surface area contributed by atoms with Crippen molar-refractivity contribution < 1.29 is 14.7 Å². The van der Waals surface area contributed by atoms with Crippen LogP contribution >= 0.6 is 0 Å². The Balaban J connectivity index is 1.49. The smallest absolute Gasteiger partial charge is 0.356 e. The minimum Gasteiger partial charge on any atom is -0.476 e. The Bertz CT molecular complexity index is 554. The lowest BCUT2D eigenvalue weighted by Gasteiger charge is -2.27. The van der Waals surface area contributed by atoms with E-state index in [1.807, 2.05) is 0 Å². The van der Waals surface area contributed by atoms with Gasteiger partial charge >= 0.3 is 5.97 Å². The number of nitrogens with zero attached hydrogens (tertiary/aromatic N) is 2. The summed E-state index contributed by atoms with van der Waals surface area (Å²) in [7, 11) is 0. The van der Waals surface area contributed by atoms with E-state index in [4.69, 9.17) is 10.8 Å². The van der Waals surface area contributed by atoms with Gasteiger partial charge in [-0.3, -0.25) is 4.79 Å². The fourth-order valence-corrected chi connectivity index (χ4v) is 3.74. The molecule has 4 unspecified atom stereocenters. The summed E-state index contributed by atoms with van der Waals surface area (Å²) in [6, 6.07) is -0.00407. The largest absolute Gasteiger partial charge is 0.476 e. The summed E-state index contributed by atoms with van der Waals surface area (Å²) >= 11 is 0. The predicted octanol–water partition coefficient (Wildman–Crippen LogP) is 0.0709. The fourth-order valence-electron chi connectivity index (χ4n) is 3.74. The Morgan fingerprint density at radius 3 is 2.81 bits per heavy atom. The van der Waals surface area contributed by atoms with Crippen molar-refractivity contribution in [2.75, 3.05) is 6.54 Å². The van der Waals surface area contributed by atoms with E-state index in [2.05, 4.69) is 10.3 Å². The maximum Gasteiger partial charge on any atom is 0.356 e. The van der Waals surface area contributed by atoms with Gasteiger partial charge in [-0.25, -0.2) is 9.78 Å². The third-order valence-corrected chi connectivity index (χ3v) is 4.80. The maximum atomic E-state index is 12.2. The highest BCUT2D eigenvalue weighted by Crippen LogP contribution is 2.47. The van der Waals surface area contributed by atoms with Crippen LogP contribution in [0.4, 0.5) is 0 Å². The molecule has 114 valence electrons. The van der Waals surface area contributed by atoms with E-state index in [9.17, 15) is 9.59 Å². The quantitative estimate of drug-likeness (QED) is 0.711. The summed E-state index contributed by atoms with van der Waals surface area (Å²) < 4.78 is 1.66. The molecule has 0 spiro atoms. The molecule has 1 heterocycles. The zero-order valence-corrected chi connectivity index (χ0v) is 11.7. The first-order chi connectivity index (χ1) is 10.1. The average molecular weight is 292 g/mol. The van der Waals surface area contributed by atoms with E-state index < -0.39 is 5.97 Å². The predicted molar refractivity (Wildman–Crippen MR) is 74.5 cm³/mol. The molecule has 0 aromatic carbocycles. The zero-order valence-electron chi connectivity index (χ0n) is 11.7. The lowest BCUT2D eigenvalue weighted by Crippen LogP contribution is -2.45. The highest BCUT2D eigenvalue weighted by atomic mass is 16.4. The first kappa shape index (κ1) is 14.1. The van der Waals surface area contributed by atoms with Crippen LogP contribution in [-0.4, -0.2) is 39.1 Å². The normalized spacial score (nSPS) is 30.5. The number of carboxylic acids is 1. The van der Waals surface area contributed by atoms with Crippen LogP contribution in [0.1, 0.15) is 29.8 Å². The Morgan fingerprint density at radius 1 is 1.43 bits per heavy atom. The summed E-state index contributed by atoms with van der Waals surface area (Å²) in [6.45, 7) is 0.955. The van der Waals surface area contributed by atoms with Crippen LogP contribution in [0, 0.1) is 17.8 Å². The van der Waals surface area contributed by atoms with Crippen LogP contribution in [0.3, 0.4) is 0 Å². The van der Waals surface area contributed by atoms with Gasteiger partial charge in [0.15, 0.2) is 5.69 Å². The molecule has 3 rings (SSSR count). The highest BCUT2D eigenvalue weighted by molar-refractivity contribution is 5.84. The fraction of sp³-hybridized carbons (Fsp3) is 0.643. The minimum atomic E-state index is -1.05. The molecule has 1 aromatic heterocycles. The summed E-state index contributed by atoms with van der Waals surface area (Å²) in [5.74, 6) is -0.116. The summed E-state index contributed by atoms with van der Waals surface area (Å²) in [4.78, 5) is 26.7. The van der Waals surface area contributed by atoms with Crippen molar-refractivity contribution in [1.82, 2.24) is 14.9 Å². The van der Waals surface area contributed by atoms with Crippen molar-refractivity contribution in [3.8, 4) is 0 Å². The molecule has 0 saturated heterocycles. The van der Waals surface area contributed by atoms with Gasteiger partial charge in [0.05, 0.1) is 12.2 Å². The highest BCUT2D eigenvalue weighted by Gasteiger charge is 2.48. The van der Waals surface area contributed by atoms with E-state index in [-0.39, 0.29) is 23.6 Å². The van der Waals surface area contributed by atoms with Gasteiger partial charge in [0.25, 0.3) is 0 Å². The molecule has 1 amide bonds. The summed E-state index contributed by atoms with van der Waals surface area (Å²) in [5.41, 5.74) is 6.15. The monoisotopic (exact) mass is 292 g/mol. The third kappa shape index (κ3) is 2.65. The molecular formula is C14H20N4O3. The molecule has 2 saturated carbocycles. The molecule has 4 N–H and O–H groups in total. The minimum absolute atomic E-state index is 0.00407. The summed E-state index contributed by atoms with van der Waals surface area (Å²) in [5, 5.41) is 11.7. The topological polar surface area (TPSA) is 110 Å². The molecule has 21 heavy (non-hydrogen) atoms. The van der Waals surface area contributed by atoms with E-state index in [0.29, 0.717) is 24.9 Å². The SMILES string of the molecule is NC1C2CCC(C2)C1C(=O)NCCn1cnc(C(=O)O)c1. The van der Waals surface area contributed by atoms with E-state index >= 15 is 0 Å². The number of hydrogen-bond donors (Lipinski definition) is 3. The molecule has 0 radical (unpaired) electrons. The molecule has 7 nitrogen and oxygen atoms in total. The number of carbonyl (C=O) groups excluding carboxylic acids is 1. The second-order valence-corrected chi connectivity index (χ2v) is 6.03. The number of nitrogens with two attached hydrogens (primary N) is 1. The second-order valence-electron chi connectivity index (χ2n) is 6.03. The summed E-state index contributed by atoms with van der Waals surface area (Å²) in [6.07, 6.45) is 6.27. The maximum absolute atomic E-state index is 12.2. The van der Waals surface area contributed by atoms with Crippen LogP contribution in [0.2, 0.25) is 0 Å². The number of imidazole rings is 1. The number of hydrogen-bond acceptors (Lipinski definition) is 4. The molecule has 2 fully saturated rings. The number of rotatable bonds is 5. The number of nitrogens with one attached hydrogen (secondary N) is 1. The first-order valence-corrected chi connectivity index (χ1v) is 7.34. The molecule has 1 aromatic rings. The van der Waals surface area contributed by atoms with Gasteiger partial charge in [0.2, 0.25) is 5.91 Å². The van der Waals surface area contributed by atoms with Crippen LogP contribution in [-0.2, 0) is 11.3 Å². The lowest BCUT2D eigenvalue weighted by molar-refractivity contribution is -0.127. The molecule has 2 bridgehead atoms. The third-order valence-electron chi connectivity index (χ3n) is 4.80. The van der Waals surface area contributed by atoms with Crippen molar-refractivity contribution in [2.24, 2.45) is 23.5 Å². The molecular weight excluding hydrogens is 272 g/mol. The Kier molecular flexibility index (Phi) is 3.67. The van der Waals surface area contributed by atoms with Gasteiger partial charge in [-0.2, -0.15) is 0 Å². The van der Waals surface area contributed by atoms with Gasteiger partial charge in [0, 0.05) is 25.3 Å². The molecule has 2 aliphatic rings. The number of aromatic nitrogens is 2. The second kappa shape index (κ2) is 5.48. The Hall–Kier alpha value is -1.89. The van der Waals surface area contributed by atoms with Crippen molar-refractivity contribution in [2.45, 2.75) is 31.8 Å². The number of aromatic carboxylic acids is 1. The molecule has 4 atom stereocenters. The van der Waals surface area contributed by atoms with Gasteiger partial charge < -0.3 is 20.7 Å². The van der Waals surface area contributed by atoms with Crippen molar-refractivity contribution in [3.05, 3.63) is 18.2 Å².